The number of hydrogen-bond donors (Lipinski definition) is 2. The zero-order valence-electron chi connectivity index (χ0n) is 16.1. The number of halogens is 4. The summed E-state index contributed by atoms with van der Waals surface area (Å²) in [6.45, 7) is 2.66. The summed E-state index contributed by atoms with van der Waals surface area (Å²) in [5.41, 5.74) is -2.68. The SMILES string of the molecule is C=C(F)CCN1CCn2cc(C(=O)NCc3c(F)cc(F)cc3F)c(=O)c(O)c2C1=O. The van der Waals surface area contributed by atoms with Gasteiger partial charge in [-0.25, -0.2) is 17.6 Å². The number of aromatic hydroxyl groups is 1. The number of fused-ring (bicyclic) bond motifs is 1. The first-order valence-corrected chi connectivity index (χ1v) is 9.10. The Kier molecular flexibility index (Phi) is 6.14. The van der Waals surface area contributed by atoms with E-state index >= 15 is 0 Å². The van der Waals surface area contributed by atoms with Crippen LogP contribution in [0.2, 0.25) is 0 Å². The second-order valence-corrected chi connectivity index (χ2v) is 6.85. The highest BCUT2D eigenvalue weighted by molar-refractivity contribution is 5.99. The highest BCUT2D eigenvalue weighted by atomic mass is 19.1. The lowest BCUT2D eigenvalue weighted by Gasteiger charge is -2.30. The Labute approximate surface area is 173 Å². The zero-order valence-corrected chi connectivity index (χ0v) is 16.1. The van der Waals surface area contributed by atoms with E-state index in [2.05, 4.69) is 11.9 Å². The van der Waals surface area contributed by atoms with Gasteiger partial charge >= 0.3 is 0 Å². The third-order valence-electron chi connectivity index (χ3n) is 4.79. The molecule has 2 N–H and O–H groups in total. The summed E-state index contributed by atoms with van der Waals surface area (Å²) < 4.78 is 54.5. The second-order valence-electron chi connectivity index (χ2n) is 6.85. The molecule has 1 aromatic heterocycles. The van der Waals surface area contributed by atoms with Crippen LogP contribution in [-0.2, 0) is 13.1 Å². The summed E-state index contributed by atoms with van der Waals surface area (Å²) >= 11 is 0. The molecule has 3 rings (SSSR count). The first-order valence-electron chi connectivity index (χ1n) is 9.10. The largest absolute Gasteiger partial charge is 0.503 e. The summed E-state index contributed by atoms with van der Waals surface area (Å²) in [4.78, 5) is 38.6. The molecule has 0 unspecified atom stereocenters. The number of amides is 2. The van der Waals surface area contributed by atoms with Crippen LogP contribution < -0.4 is 10.7 Å². The minimum atomic E-state index is -1.22. The number of hydrogen-bond acceptors (Lipinski definition) is 4. The van der Waals surface area contributed by atoms with Crippen molar-refractivity contribution in [3.8, 4) is 5.75 Å². The van der Waals surface area contributed by atoms with E-state index in [-0.39, 0.29) is 31.7 Å². The number of carbonyl (C=O) groups excluding carboxylic acids is 2. The average molecular weight is 439 g/mol. The van der Waals surface area contributed by atoms with Crippen molar-refractivity contribution in [3.63, 3.8) is 0 Å². The topological polar surface area (TPSA) is 91.6 Å². The van der Waals surface area contributed by atoms with E-state index in [4.69, 9.17) is 0 Å². The van der Waals surface area contributed by atoms with Crippen molar-refractivity contribution >= 4 is 11.8 Å². The van der Waals surface area contributed by atoms with E-state index in [1.807, 2.05) is 0 Å². The van der Waals surface area contributed by atoms with Crippen molar-refractivity contribution in [2.24, 2.45) is 0 Å². The lowest BCUT2D eigenvalue weighted by atomic mass is 10.1. The van der Waals surface area contributed by atoms with E-state index < -0.39 is 63.9 Å². The Hall–Kier alpha value is -3.63. The average Bonchev–Trinajstić information content (AvgIpc) is 2.68. The van der Waals surface area contributed by atoms with E-state index in [1.165, 1.54) is 9.47 Å². The van der Waals surface area contributed by atoms with Gasteiger partial charge in [0.2, 0.25) is 5.43 Å². The predicted octanol–water partition coefficient (Wildman–Crippen LogP) is 2.23. The molecule has 1 aliphatic rings. The van der Waals surface area contributed by atoms with Crippen LogP contribution in [0.3, 0.4) is 0 Å². The van der Waals surface area contributed by atoms with Gasteiger partial charge in [0.05, 0.1) is 5.83 Å². The molecule has 31 heavy (non-hydrogen) atoms. The first-order chi connectivity index (χ1) is 14.6. The molecule has 0 aliphatic carbocycles. The number of carbonyl (C=O) groups is 2. The highest BCUT2D eigenvalue weighted by Crippen LogP contribution is 2.21. The fourth-order valence-corrected chi connectivity index (χ4v) is 3.17. The quantitative estimate of drug-likeness (QED) is 0.676. The third-order valence-corrected chi connectivity index (χ3v) is 4.79. The van der Waals surface area contributed by atoms with Crippen molar-refractivity contribution in [1.82, 2.24) is 14.8 Å². The number of nitrogens with zero attached hydrogens (tertiary/aromatic N) is 2. The molecule has 7 nitrogen and oxygen atoms in total. The smallest absolute Gasteiger partial charge is 0.274 e. The summed E-state index contributed by atoms with van der Waals surface area (Å²) in [6, 6.07) is 0.888. The summed E-state index contributed by atoms with van der Waals surface area (Å²) in [5, 5.41) is 12.4. The van der Waals surface area contributed by atoms with Crippen molar-refractivity contribution in [1.29, 1.82) is 0 Å². The minimum Gasteiger partial charge on any atom is -0.503 e. The molecule has 2 aromatic rings. The molecule has 1 aromatic carbocycles. The van der Waals surface area contributed by atoms with Gasteiger partial charge < -0.3 is 19.9 Å². The van der Waals surface area contributed by atoms with Crippen LogP contribution in [0, 0.1) is 17.5 Å². The number of pyridine rings is 1. The zero-order chi connectivity index (χ0) is 22.9. The molecular formula is C20H17F4N3O4. The third kappa shape index (κ3) is 4.44. The van der Waals surface area contributed by atoms with E-state index in [9.17, 15) is 37.1 Å². The van der Waals surface area contributed by atoms with Crippen LogP contribution in [-0.4, -0.2) is 39.5 Å². The van der Waals surface area contributed by atoms with Gasteiger partial charge in [-0.3, -0.25) is 14.4 Å². The minimum absolute atomic E-state index is 0.00116. The van der Waals surface area contributed by atoms with Gasteiger partial charge in [0, 0.05) is 56.5 Å². The second kappa shape index (κ2) is 8.62. The van der Waals surface area contributed by atoms with Gasteiger partial charge in [-0.2, -0.15) is 0 Å². The molecule has 2 amide bonds. The molecule has 0 atom stereocenters. The normalized spacial score (nSPS) is 13.2. The maximum absolute atomic E-state index is 13.7. The Morgan fingerprint density at radius 2 is 1.81 bits per heavy atom. The summed E-state index contributed by atoms with van der Waals surface area (Å²) in [6.07, 6.45) is 0.946. The van der Waals surface area contributed by atoms with Gasteiger partial charge in [0.25, 0.3) is 11.8 Å². The number of rotatable bonds is 6. The van der Waals surface area contributed by atoms with Gasteiger partial charge in [-0.15, -0.1) is 0 Å². The molecule has 0 radical (unpaired) electrons. The predicted molar refractivity (Wildman–Crippen MR) is 101 cm³/mol. The Bertz CT molecular complexity index is 1120. The van der Waals surface area contributed by atoms with Crippen LogP contribution in [0.1, 0.15) is 32.8 Å². The molecule has 0 saturated heterocycles. The van der Waals surface area contributed by atoms with Gasteiger partial charge in [-0.05, 0) is 0 Å². The maximum atomic E-state index is 13.7. The lowest BCUT2D eigenvalue weighted by molar-refractivity contribution is 0.0695. The maximum Gasteiger partial charge on any atom is 0.274 e. The molecule has 0 fully saturated rings. The van der Waals surface area contributed by atoms with Crippen LogP contribution in [0.25, 0.3) is 0 Å². The molecule has 2 heterocycles. The number of benzene rings is 1. The molecule has 1 aliphatic heterocycles. The van der Waals surface area contributed by atoms with Crippen molar-refractivity contribution < 1.29 is 32.3 Å². The van der Waals surface area contributed by atoms with E-state index in [0.717, 1.165) is 6.20 Å². The monoisotopic (exact) mass is 439 g/mol. The molecule has 164 valence electrons. The summed E-state index contributed by atoms with van der Waals surface area (Å²) in [7, 11) is 0. The fraction of sp³-hybridized carbons (Fsp3) is 0.250. The molecule has 0 bridgehead atoms. The van der Waals surface area contributed by atoms with Gasteiger partial charge in [-0.1, -0.05) is 6.58 Å². The van der Waals surface area contributed by atoms with Gasteiger partial charge in [0.1, 0.15) is 23.0 Å². The van der Waals surface area contributed by atoms with Crippen LogP contribution >= 0.6 is 0 Å². The molecule has 0 saturated carbocycles. The summed E-state index contributed by atoms with van der Waals surface area (Å²) in [5.74, 6) is -6.93. The van der Waals surface area contributed by atoms with Crippen molar-refractivity contribution in [3.05, 3.63) is 75.2 Å². The van der Waals surface area contributed by atoms with Gasteiger partial charge in [0.15, 0.2) is 11.4 Å². The van der Waals surface area contributed by atoms with Crippen LogP contribution in [0.5, 0.6) is 5.75 Å². The lowest BCUT2D eigenvalue weighted by Crippen LogP contribution is -2.43. The van der Waals surface area contributed by atoms with Crippen LogP contribution in [0.4, 0.5) is 17.6 Å². The van der Waals surface area contributed by atoms with Crippen molar-refractivity contribution in [2.45, 2.75) is 19.5 Å². The number of nitrogens with one attached hydrogen (secondary N) is 1. The number of aromatic nitrogens is 1. The Morgan fingerprint density at radius 1 is 1.16 bits per heavy atom. The Morgan fingerprint density at radius 3 is 2.42 bits per heavy atom. The van der Waals surface area contributed by atoms with E-state index in [1.54, 1.807) is 0 Å². The van der Waals surface area contributed by atoms with Crippen LogP contribution in [0.15, 0.2) is 35.5 Å². The molecule has 11 heteroatoms. The van der Waals surface area contributed by atoms with Crippen molar-refractivity contribution in [2.75, 3.05) is 13.1 Å². The first kappa shape index (κ1) is 22.1. The Balaban J connectivity index is 1.84. The fourth-order valence-electron chi connectivity index (χ4n) is 3.17. The molecule has 0 spiro atoms. The highest BCUT2D eigenvalue weighted by Gasteiger charge is 2.30. The molecular weight excluding hydrogens is 422 g/mol. The standard InChI is InChI=1S/C20H17F4N3O4/c1-10(21)2-3-26-4-5-27-9-13(17(28)18(29)16(27)20(26)31)19(30)25-8-12-14(23)6-11(22)7-15(12)24/h6-7,9,29H,1-5,8H2,(H,25,30). The van der Waals surface area contributed by atoms with E-state index in [0.29, 0.717) is 12.1 Å².